The summed E-state index contributed by atoms with van der Waals surface area (Å²) in [5.74, 6) is -0.225. The number of aryl methyl sites for hydroxylation is 3. The second kappa shape index (κ2) is 7.10. The van der Waals surface area contributed by atoms with Gasteiger partial charge in [-0.2, -0.15) is 0 Å². The maximum absolute atomic E-state index is 13.6. The van der Waals surface area contributed by atoms with Gasteiger partial charge in [0.15, 0.2) is 5.43 Å². The third-order valence-corrected chi connectivity index (χ3v) is 6.24. The van der Waals surface area contributed by atoms with Gasteiger partial charge in [0.2, 0.25) is 5.76 Å². The molecule has 1 aliphatic heterocycles. The van der Waals surface area contributed by atoms with E-state index in [2.05, 4.69) is 0 Å². The molecule has 0 aliphatic carbocycles. The maximum atomic E-state index is 13.6. The van der Waals surface area contributed by atoms with Gasteiger partial charge in [-0.15, -0.1) is 0 Å². The summed E-state index contributed by atoms with van der Waals surface area (Å²) in [5.41, 5.74) is 5.21. The summed E-state index contributed by atoms with van der Waals surface area (Å²) in [5, 5.41) is 1.08. The van der Waals surface area contributed by atoms with E-state index >= 15 is 0 Å². The highest BCUT2D eigenvalue weighted by molar-refractivity contribution is 6.30. The van der Waals surface area contributed by atoms with Gasteiger partial charge >= 0.3 is 0 Å². The molecule has 3 aromatic carbocycles. The molecule has 4 aromatic rings. The first-order chi connectivity index (χ1) is 14.8. The molecule has 154 valence electrons. The van der Waals surface area contributed by atoms with Gasteiger partial charge in [-0.25, -0.2) is 0 Å². The molecule has 0 N–H and O–H groups in total. The maximum Gasteiger partial charge on any atom is 0.295 e. The first-order valence-corrected chi connectivity index (χ1v) is 10.5. The van der Waals surface area contributed by atoms with Crippen molar-refractivity contribution in [1.29, 1.82) is 0 Å². The van der Waals surface area contributed by atoms with E-state index in [1.807, 2.05) is 69.3 Å². The highest BCUT2D eigenvalue weighted by Crippen LogP contribution is 2.41. The molecule has 4 nitrogen and oxygen atoms in total. The molecule has 1 amide bonds. The first kappa shape index (κ1) is 19.6. The standard InChI is InChI=1S/C26H20ClNO3/c1-14-4-10-19(11-5-14)28-23(17-6-8-18(27)9-7-17)22-24(29)20-12-15(2)16(3)13-21(20)31-25(22)26(28)30/h4-13,23H,1-3H3. The molecule has 5 heteroatoms. The van der Waals surface area contributed by atoms with Crippen molar-refractivity contribution in [1.82, 2.24) is 0 Å². The molecule has 0 spiro atoms. The molecule has 0 fully saturated rings. The Hall–Kier alpha value is -3.37. The lowest BCUT2D eigenvalue weighted by Crippen LogP contribution is -2.29. The Bertz CT molecular complexity index is 1400. The molecule has 1 aliphatic rings. The fraction of sp³-hybridized carbons (Fsp3) is 0.154. The second-order valence-corrected chi connectivity index (χ2v) is 8.51. The molecule has 1 unspecified atom stereocenters. The van der Waals surface area contributed by atoms with E-state index < -0.39 is 6.04 Å². The molecule has 0 bridgehead atoms. The van der Waals surface area contributed by atoms with Gasteiger partial charge in [0, 0.05) is 10.7 Å². The first-order valence-electron chi connectivity index (χ1n) is 10.1. The smallest absolute Gasteiger partial charge is 0.295 e. The van der Waals surface area contributed by atoms with E-state index in [1.54, 1.807) is 17.0 Å². The number of halogens is 1. The van der Waals surface area contributed by atoms with Gasteiger partial charge in [0.25, 0.3) is 5.91 Å². The van der Waals surface area contributed by atoms with Crippen molar-refractivity contribution in [3.8, 4) is 0 Å². The van der Waals surface area contributed by atoms with Crippen LogP contribution in [-0.4, -0.2) is 5.91 Å². The highest BCUT2D eigenvalue weighted by atomic mass is 35.5. The van der Waals surface area contributed by atoms with Crippen LogP contribution in [0.1, 0.15) is 44.4 Å². The van der Waals surface area contributed by atoms with Gasteiger partial charge in [-0.3, -0.25) is 14.5 Å². The minimum atomic E-state index is -0.593. The minimum absolute atomic E-state index is 0.0984. The van der Waals surface area contributed by atoms with Crippen molar-refractivity contribution < 1.29 is 9.21 Å². The molecule has 1 aromatic heterocycles. The molecular formula is C26H20ClNO3. The second-order valence-electron chi connectivity index (χ2n) is 8.07. The van der Waals surface area contributed by atoms with E-state index in [1.165, 1.54) is 0 Å². The molecule has 1 atom stereocenters. The number of amides is 1. The number of carbonyl (C=O) groups is 1. The van der Waals surface area contributed by atoms with E-state index in [4.69, 9.17) is 16.0 Å². The Morgan fingerprint density at radius 2 is 1.52 bits per heavy atom. The lowest BCUT2D eigenvalue weighted by atomic mass is 9.97. The van der Waals surface area contributed by atoms with Crippen LogP contribution in [0.4, 0.5) is 5.69 Å². The third kappa shape index (κ3) is 3.06. The number of hydrogen-bond donors (Lipinski definition) is 0. The van der Waals surface area contributed by atoms with Gasteiger partial charge in [0.1, 0.15) is 5.58 Å². The predicted octanol–water partition coefficient (Wildman–Crippen LogP) is 6.12. The summed E-state index contributed by atoms with van der Waals surface area (Å²) in [6.45, 7) is 5.91. The van der Waals surface area contributed by atoms with Crippen LogP contribution in [0.15, 0.2) is 69.9 Å². The van der Waals surface area contributed by atoms with Crippen molar-refractivity contribution >= 4 is 34.2 Å². The Kier molecular flexibility index (Phi) is 4.49. The van der Waals surface area contributed by atoms with Gasteiger partial charge in [-0.1, -0.05) is 41.4 Å². The summed E-state index contributed by atoms with van der Waals surface area (Å²) in [6.07, 6.45) is 0. The topological polar surface area (TPSA) is 50.5 Å². The van der Waals surface area contributed by atoms with E-state index in [0.717, 1.165) is 22.3 Å². The lowest BCUT2D eigenvalue weighted by molar-refractivity contribution is 0.0971. The highest BCUT2D eigenvalue weighted by Gasteiger charge is 2.43. The Balaban J connectivity index is 1.82. The fourth-order valence-electron chi connectivity index (χ4n) is 4.16. The molecule has 5 rings (SSSR count). The largest absolute Gasteiger partial charge is 0.450 e. The van der Waals surface area contributed by atoms with Crippen molar-refractivity contribution in [3.63, 3.8) is 0 Å². The van der Waals surface area contributed by atoms with Crippen LogP contribution in [-0.2, 0) is 0 Å². The molecule has 0 saturated carbocycles. The SMILES string of the molecule is Cc1ccc(N2C(=O)c3oc4cc(C)c(C)cc4c(=O)c3C2c2ccc(Cl)cc2)cc1. The zero-order valence-electron chi connectivity index (χ0n) is 17.4. The number of benzene rings is 3. The quantitative estimate of drug-likeness (QED) is 0.385. The third-order valence-electron chi connectivity index (χ3n) is 5.98. The predicted molar refractivity (Wildman–Crippen MR) is 123 cm³/mol. The van der Waals surface area contributed by atoms with Gasteiger partial charge in [-0.05, 0) is 73.9 Å². The monoisotopic (exact) mass is 429 g/mol. The summed E-state index contributed by atoms with van der Waals surface area (Å²) >= 11 is 6.10. The van der Waals surface area contributed by atoms with Gasteiger partial charge in [0.05, 0.1) is 17.0 Å². The Labute approximate surface area is 184 Å². The van der Waals surface area contributed by atoms with E-state index in [9.17, 15) is 9.59 Å². The number of fused-ring (bicyclic) bond motifs is 2. The van der Waals surface area contributed by atoms with Crippen LogP contribution >= 0.6 is 11.6 Å². The van der Waals surface area contributed by atoms with Crippen LogP contribution in [0.3, 0.4) is 0 Å². The molecule has 2 heterocycles. The summed E-state index contributed by atoms with van der Waals surface area (Å²) in [4.78, 5) is 28.8. The lowest BCUT2D eigenvalue weighted by Gasteiger charge is -2.25. The van der Waals surface area contributed by atoms with Crippen LogP contribution in [0.25, 0.3) is 11.0 Å². The number of anilines is 1. The number of carbonyl (C=O) groups excluding carboxylic acids is 1. The van der Waals surface area contributed by atoms with Crippen molar-refractivity contribution in [2.45, 2.75) is 26.8 Å². The Morgan fingerprint density at radius 3 is 2.19 bits per heavy atom. The van der Waals surface area contributed by atoms with Crippen LogP contribution in [0.5, 0.6) is 0 Å². The molecule has 0 saturated heterocycles. The van der Waals surface area contributed by atoms with Crippen LogP contribution in [0.2, 0.25) is 5.02 Å². The minimum Gasteiger partial charge on any atom is -0.450 e. The average molecular weight is 430 g/mol. The van der Waals surface area contributed by atoms with Crippen LogP contribution in [0, 0.1) is 20.8 Å². The van der Waals surface area contributed by atoms with E-state index in [-0.39, 0.29) is 17.1 Å². The summed E-state index contributed by atoms with van der Waals surface area (Å²) < 4.78 is 6.07. The molecule has 31 heavy (non-hydrogen) atoms. The number of nitrogens with zero attached hydrogens (tertiary/aromatic N) is 1. The molecular weight excluding hydrogens is 410 g/mol. The van der Waals surface area contributed by atoms with Crippen LogP contribution < -0.4 is 10.3 Å². The van der Waals surface area contributed by atoms with E-state index in [0.29, 0.717) is 27.2 Å². The van der Waals surface area contributed by atoms with Crippen molar-refractivity contribution in [3.05, 3.63) is 109 Å². The van der Waals surface area contributed by atoms with Crippen molar-refractivity contribution in [2.75, 3.05) is 4.90 Å². The average Bonchev–Trinajstić information content (AvgIpc) is 3.04. The summed E-state index contributed by atoms with van der Waals surface area (Å²) in [6, 6.07) is 18.0. The number of hydrogen-bond acceptors (Lipinski definition) is 3. The zero-order valence-corrected chi connectivity index (χ0v) is 18.2. The number of rotatable bonds is 2. The van der Waals surface area contributed by atoms with Gasteiger partial charge < -0.3 is 4.42 Å². The van der Waals surface area contributed by atoms with Crippen molar-refractivity contribution in [2.24, 2.45) is 0 Å². The summed E-state index contributed by atoms with van der Waals surface area (Å²) in [7, 11) is 0. The Morgan fingerprint density at radius 1 is 0.871 bits per heavy atom. The molecule has 0 radical (unpaired) electrons. The fourth-order valence-corrected chi connectivity index (χ4v) is 4.29. The normalized spacial score (nSPS) is 15.5. The zero-order chi connectivity index (χ0) is 21.9.